The first-order valence-corrected chi connectivity index (χ1v) is 11.5. The number of esters is 2. The molecule has 4 heteroatoms. The van der Waals surface area contributed by atoms with Crippen LogP contribution in [-0.4, -0.2) is 25.2 Å². The van der Waals surface area contributed by atoms with Crippen LogP contribution in [0.1, 0.15) is 117 Å². The lowest BCUT2D eigenvalue weighted by Crippen LogP contribution is -2.28. The van der Waals surface area contributed by atoms with Crippen LogP contribution >= 0.6 is 0 Å². The summed E-state index contributed by atoms with van der Waals surface area (Å²) in [5.41, 5.74) is 0. The van der Waals surface area contributed by atoms with Crippen LogP contribution < -0.4 is 0 Å². The van der Waals surface area contributed by atoms with Gasteiger partial charge < -0.3 is 9.47 Å². The van der Waals surface area contributed by atoms with Crippen LogP contribution in [0.5, 0.6) is 0 Å². The van der Waals surface area contributed by atoms with Crippen molar-refractivity contribution in [3.8, 4) is 0 Å². The largest absolute Gasteiger partial charge is 0.465 e. The predicted octanol–water partition coefficient (Wildman–Crippen LogP) is 6.60. The molecule has 0 aromatic rings. The highest BCUT2D eigenvalue weighted by atomic mass is 16.6. The van der Waals surface area contributed by atoms with Crippen molar-refractivity contribution in [2.75, 3.05) is 13.2 Å². The van der Waals surface area contributed by atoms with E-state index in [0.29, 0.717) is 19.6 Å². The second kappa shape index (κ2) is 19.7. The van der Waals surface area contributed by atoms with Gasteiger partial charge in [0.25, 0.3) is 0 Å². The van der Waals surface area contributed by atoms with E-state index in [2.05, 4.69) is 6.92 Å². The molecule has 0 spiro atoms. The highest BCUT2D eigenvalue weighted by molar-refractivity contribution is 5.94. The first-order valence-electron chi connectivity index (χ1n) is 11.5. The monoisotopic (exact) mass is 384 g/mol. The van der Waals surface area contributed by atoms with Gasteiger partial charge in [-0.3, -0.25) is 9.59 Å². The summed E-state index contributed by atoms with van der Waals surface area (Å²) < 4.78 is 10.0. The molecule has 0 saturated heterocycles. The van der Waals surface area contributed by atoms with Crippen LogP contribution in [0.2, 0.25) is 0 Å². The van der Waals surface area contributed by atoms with Crippen molar-refractivity contribution in [2.24, 2.45) is 5.92 Å². The standard InChI is InChI=1S/C23H44O4/c1-4-7-8-9-10-11-12-13-14-15-16-17-18-19-20-21(22(24)26-5-2)23(25)27-6-3/h21H,4-20H2,1-3H3. The highest BCUT2D eigenvalue weighted by Gasteiger charge is 2.28. The van der Waals surface area contributed by atoms with E-state index in [1.165, 1.54) is 77.0 Å². The van der Waals surface area contributed by atoms with Crippen molar-refractivity contribution in [1.29, 1.82) is 0 Å². The van der Waals surface area contributed by atoms with Gasteiger partial charge in [0.2, 0.25) is 0 Å². The Balaban J connectivity index is 3.59. The zero-order valence-electron chi connectivity index (χ0n) is 18.2. The van der Waals surface area contributed by atoms with Crippen molar-refractivity contribution in [1.82, 2.24) is 0 Å². The highest BCUT2D eigenvalue weighted by Crippen LogP contribution is 2.17. The fraction of sp³-hybridized carbons (Fsp3) is 0.913. The van der Waals surface area contributed by atoms with Crippen LogP contribution in [0.15, 0.2) is 0 Å². The summed E-state index contributed by atoms with van der Waals surface area (Å²) in [7, 11) is 0. The van der Waals surface area contributed by atoms with Crippen molar-refractivity contribution in [3.63, 3.8) is 0 Å². The number of carbonyl (C=O) groups is 2. The summed E-state index contributed by atoms with van der Waals surface area (Å²) in [5.74, 6) is -1.63. The number of hydrogen-bond donors (Lipinski definition) is 0. The predicted molar refractivity (Wildman–Crippen MR) is 112 cm³/mol. The van der Waals surface area contributed by atoms with Gasteiger partial charge in [0.05, 0.1) is 13.2 Å². The van der Waals surface area contributed by atoms with E-state index >= 15 is 0 Å². The molecular weight excluding hydrogens is 340 g/mol. The molecule has 0 aromatic carbocycles. The van der Waals surface area contributed by atoms with E-state index in [9.17, 15) is 9.59 Å². The van der Waals surface area contributed by atoms with Gasteiger partial charge in [-0.15, -0.1) is 0 Å². The van der Waals surface area contributed by atoms with Gasteiger partial charge in [-0.2, -0.15) is 0 Å². The van der Waals surface area contributed by atoms with Gasteiger partial charge in [0.1, 0.15) is 0 Å². The molecule has 0 saturated carbocycles. The Morgan fingerprint density at radius 3 is 1.22 bits per heavy atom. The average molecular weight is 385 g/mol. The smallest absolute Gasteiger partial charge is 0.320 e. The molecule has 27 heavy (non-hydrogen) atoms. The normalized spacial score (nSPS) is 11.0. The van der Waals surface area contributed by atoms with E-state index in [1.807, 2.05) is 0 Å². The molecule has 0 aliphatic heterocycles. The minimum absolute atomic E-state index is 0.299. The lowest BCUT2D eigenvalue weighted by Gasteiger charge is -2.14. The maximum atomic E-state index is 11.9. The molecule has 0 atom stereocenters. The Hall–Kier alpha value is -1.06. The second-order valence-corrected chi connectivity index (χ2v) is 7.44. The van der Waals surface area contributed by atoms with Crippen LogP contribution in [0, 0.1) is 5.92 Å². The molecule has 4 nitrogen and oxygen atoms in total. The van der Waals surface area contributed by atoms with Crippen LogP contribution in [0.4, 0.5) is 0 Å². The van der Waals surface area contributed by atoms with E-state index in [-0.39, 0.29) is 0 Å². The molecule has 0 aliphatic carbocycles. The van der Waals surface area contributed by atoms with Crippen LogP contribution in [-0.2, 0) is 19.1 Å². The van der Waals surface area contributed by atoms with Gasteiger partial charge in [-0.25, -0.2) is 0 Å². The van der Waals surface area contributed by atoms with Gasteiger partial charge in [-0.1, -0.05) is 96.8 Å². The summed E-state index contributed by atoms with van der Waals surface area (Å²) >= 11 is 0. The first kappa shape index (κ1) is 25.9. The molecular formula is C23H44O4. The van der Waals surface area contributed by atoms with Gasteiger partial charge in [0.15, 0.2) is 5.92 Å². The Labute approximate surface area is 167 Å². The molecule has 0 N–H and O–H groups in total. The number of hydrogen-bond acceptors (Lipinski definition) is 4. The molecule has 0 amide bonds. The molecule has 0 fully saturated rings. The molecule has 0 bridgehead atoms. The third-order valence-electron chi connectivity index (χ3n) is 4.99. The second-order valence-electron chi connectivity index (χ2n) is 7.44. The topological polar surface area (TPSA) is 52.6 Å². The Morgan fingerprint density at radius 2 is 0.889 bits per heavy atom. The molecule has 0 unspecified atom stereocenters. The lowest BCUT2D eigenvalue weighted by atomic mass is 9.99. The molecule has 0 aromatic heterocycles. The van der Waals surface area contributed by atoms with Gasteiger partial charge in [0, 0.05) is 0 Å². The Morgan fingerprint density at radius 1 is 0.556 bits per heavy atom. The third kappa shape index (κ3) is 15.7. The number of unbranched alkanes of at least 4 members (excludes halogenated alkanes) is 13. The molecule has 0 rings (SSSR count). The summed E-state index contributed by atoms with van der Waals surface area (Å²) in [4.78, 5) is 23.8. The van der Waals surface area contributed by atoms with Crippen molar-refractivity contribution in [3.05, 3.63) is 0 Å². The van der Waals surface area contributed by atoms with Crippen LogP contribution in [0.3, 0.4) is 0 Å². The maximum absolute atomic E-state index is 11.9. The minimum Gasteiger partial charge on any atom is -0.465 e. The van der Waals surface area contributed by atoms with E-state index in [0.717, 1.165) is 12.8 Å². The van der Waals surface area contributed by atoms with E-state index in [1.54, 1.807) is 13.8 Å². The van der Waals surface area contributed by atoms with E-state index in [4.69, 9.17) is 9.47 Å². The first-order chi connectivity index (χ1) is 13.2. The van der Waals surface area contributed by atoms with Crippen molar-refractivity contribution < 1.29 is 19.1 Å². The molecule has 0 aliphatic rings. The number of carbonyl (C=O) groups excluding carboxylic acids is 2. The fourth-order valence-electron chi connectivity index (χ4n) is 3.36. The van der Waals surface area contributed by atoms with Gasteiger partial charge in [-0.05, 0) is 20.3 Å². The Kier molecular flexibility index (Phi) is 18.9. The Bertz CT molecular complexity index is 336. The quantitative estimate of drug-likeness (QED) is 0.143. The maximum Gasteiger partial charge on any atom is 0.320 e. The third-order valence-corrected chi connectivity index (χ3v) is 4.99. The average Bonchev–Trinajstić information content (AvgIpc) is 2.65. The minimum atomic E-state index is -0.748. The molecule has 0 heterocycles. The number of rotatable bonds is 19. The summed E-state index contributed by atoms with van der Waals surface area (Å²) in [6, 6.07) is 0. The zero-order chi connectivity index (χ0) is 20.2. The number of ether oxygens (including phenoxy) is 2. The SMILES string of the molecule is CCCCCCCCCCCCCCCCC(C(=O)OCC)C(=O)OCC. The molecule has 160 valence electrons. The van der Waals surface area contributed by atoms with Crippen molar-refractivity contribution in [2.45, 2.75) is 117 Å². The zero-order valence-corrected chi connectivity index (χ0v) is 18.2. The van der Waals surface area contributed by atoms with Crippen molar-refractivity contribution >= 4 is 11.9 Å². The summed E-state index contributed by atoms with van der Waals surface area (Å²) in [6.07, 6.45) is 18.6. The molecule has 0 radical (unpaired) electrons. The summed E-state index contributed by atoms with van der Waals surface area (Å²) in [5, 5.41) is 0. The lowest BCUT2D eigenvalue weighted by molar-refractivity contribution is -0.161. The van der Waals surface area contributed by atoms with Gasteiger partial charge >= 0.3 is 11.9 Å². The van der Waals surface area contributed by atoms with E-state index < -0.39 is 17.9 Å². The summed E-state index contributed by atoms with van der Waals surface area (Å²) in [6.45, 7) is 6.37. The fourth-order valence-corrected chi connectivity index (χ4v) is 3.36. The van der Waals surface area contributed by atoms with Crippen LogP contribution in [0.25, 0.3) is 0 Å².